The lowest BCUT2D eigenvalue weighted by atomic mass is 10.2. The smallest absolute Gasteiger partial charge is 0.260 e. The first kappa shape index (κ1) is 17.2. The molecule has 0 unspecified atom stereocenters. The van der Waals surface area contributed by atoms with Crippen molar-refractivity contribution in [2.45, 2.75) is 13.0 Å². The molecular weight excluding hydrogens is 298 g/mol. The van der Waals surface area contributed by atoms with Crippen LogP contribution < -0.4 is 10.5 Å². The molecule has 1 heterocycles. The highest BCUT2D eigenvalue weighted by Crippen LogP contribution is 2.12. The number of piperazine rings is 1. The summed E-state index contributed by atoms with van der Waals surface area (Å²) in [6.07, 6.45) is -0.357. The summed E-state index contributed by atoms with van der Waals surface area (Å²) < 4.78 is 5.45. The van der Waals surface area contributed by atoms with E-state index in [1.165, 1.54) is 0 Å². The number of carbonyl (C=O) groups excluding carboxylic acids is 2. The normalized spacial score (nSPS) is 16.9. The van der Waals surface area contributed by atoms with Crippen LogP contribution in [-0.4, -0.2) is 72.2 Å². The van der Waals surface area contributed by atoms with E-state index in [2.05, 4.69) is 4.90 Å². The van der Waals surface area contributed by atoms with Gasteiger partial charge in [0, 0.05) is 38.3 Å². The van der Waals surface area contributed by atoms with Crippen molar-refractivity contribution in [2.24, 2.45) is 5.73 Å². The van der Waals surface area contributed by atoms with Gasteiger partial charge in [-0.05, 0) is 31.2 Å². The third-order valence-electron chi connectivity index (χ3n) is 3.75. The van der Waals surface area contributed by atoms with Crippen LogP contribution in [-0.2, 0) is 4.79 Å². The third-order valence-corrected chi connectivity index (χ3v) is 3.75. The molecule has 0 radical (unpaired) electrons. The number of hydrogen-bond donors (Lipinski definition) is 2. The van der Waals surface area contributed by atoms with E-state index in [9.17, 15) is 14.7 Å². The summed E-state index contributed by atoms with van der Waals surface area (Å²) in [6, 6.07) is 6.37. The van der Waals surface area contributed by atoms with Gasteiger partial charge in [0.1, 0.15) is 5.75 Å². The number of ether oxygens (including phenoxy) is 1. The summed E-state index contributed by atoms with van der Waals surface area (Å²) >= 11 is 0. The summed E-state index contributed by atoms with van der Waals surface area (Å²) in [5, 5.41) is 9.37. The van der Waals surface area contributed by atoms with E-state index in [0.29, 0.717) is 30.9 Å². The minimum atomic E-state index is -0.498. The molecule has 1 fully saturated rings. The third kappa shape index (κ3) is 5.22. The molecule has 1 saturated heterocycles. The second kappa shape index (κ2) is 7.94. The Hall–Kier alpha value is -2.12. The van der Waals surface area contributed by atoms with Crippen LogP contribution in [0.5, 0.6) is 5.75 Å². The number of nitrogens with two attached hydrogens (primary N) is 1. The molecule has 0 bridgehead atoms. The van der Waals surface area contributed by atoms with Crippen molar-refractivity contribution in [3.63, 3.8) is 0 Å². The van der Waals surface area contributed by atoms with Gasteiger partial charge >= 0.3 is 0 Å². The van der Waals surface area contributed by atoms with Gasteiger partial charge in [0.25, 0.3) is 5.91 Å². The van der Waals surface area contributed by atoms with Gasteiger partial charge in [-0.25, -0.2) is 0 Å². The molecule has 0 aliphatic carbocycles. The maximum absolute atomic E-state index is 12.1. The van der Waals surface area contributed by atoms with Crippen molar-refractivity contribution in [2.75, 3.05) is 39.3 Å². The number of benzene rings is 1. The molecule has 2 amide bonds. The van der Waals surface area contributed by atoms with Crippen LogP contribution in [0.1, 0.15) is 17.3 Å². The van der Waals surface area contributed by atoms with E-state index in [4.69, 9.17) is 10.5 Å². The molecule has 1 atom stereocenters. The average molecular weight is 321 g/mol. The second-order valence-corrected chi connectivity index (χ2v) is 5.71. The van der Waals surface area contributed by atoms with Crippen LogP contribution in [0, 0.1) is 0 Å². The van der Waals surface area contributed by atoms with Crippen molar-refractivity contribution >= 4 is 11.8 Å². The minimum Gasteiger partial charge on any atom is -0.484 e. The van der Waals surface area contributed by atoms with Crippen LogP contribution in [0.15, 0.2) is 24.3 Å². The van der Waals surface area contributed by atoms with E-state index < -0.39 is 5.91 Å². The average Bonchev–Trinajstić information content (AvgIpc) is 2.53. The lowest BCUT2D eigenvalue weighted by Gasteiger charge is -2.35. The molecule has 2 rings (SSSR count). The number of primary amides is 1. The molecular formula is C16H23N3O4. The predicted molar refractivity (Wildman–Crippen MR) is 85.2 cm³/mol. The number of β-amino-alcohol motifs (C(OH)–C–C–N with tert-alkyl or cyclic N) is 1. The van der Waals surface area contributed by atoms with E-state index in [0.717, 1.165) is 13.1 Å². The summed E-state index contributed by atoms with van der Waals surface area (Å²) in [4.78, 5) is 27.0. The predicted octanol–water partition coefficient (Wildman–Crippen LogP) is -0.311. The highest BCUT2D eigenvalue weighted by Gasteiger charge is 2.21. The fourth-order valence-electron chi connectivity index (χ4n) is 2.51. The number of amides is 2. The molecule has 126 valence electrons. The summed E-state index contributed by atoms with van der Waals surface area (Å²) in [5.41, 5.74) is 5.57. The summed E-state index contributed by atoms with van der Waals surface area (Å²) in [5.74, 6) is -0.0422. The van der Waals surface area contributed by atoms with Gasteiger partial charge in [-0.3, -0.25) is 14.5 Å². The zero-order valence-electron chi connectivity index (χ0n) is 13.3. The van der Waals surface area contributed by atoms with Gasteiger partial charge in [0.2, 0.25) is 5.91 Å². The van der Waals surface area contributed by atoms with Gasteiger partial charge in [-0.2, -0.15) is 0 Å². The summed E-state index contributed by atoms with van der Waals surface area (Å²) in [6.45, 7) is 5.13. The first-order valence-electron chi connectivity index (χ1n) is 7.66. The molecule has 0 aromatic heterocycles. The minimum absolute atomic E-state index is 0.0354. The van der Waals surface area contributed by atoms with E-state index in [-0.39, 0.29) is 18.6 Å². The molecule has 1 aliphatic heterocycles. The monoisotopic (exact) mass is 321 g/mol. The topological polar surface area (TPSA) is 96.1 Å². The molecule has 1 aromatic rings. The SMILES string of the molecule is C[C@@H](O)CN1CCN(C(=O)COc2ccc(C(N)=O)cc2)CC1. The van der Waals surface area contributed by atoms with Gasteiger partial charge in [-0.1, -0.05) is 0 Å². The molecule has 3 N–H and O–H groups in total. The fourth-order valence-corrected chi connectivity index (χ4v) is 2.51. The van der Waals surface area contributed by atoms with Gasteiger partial charge in [0.15, 0.2) is 6.61 Å². The number of aliphatic hydroxyl groups excluding tert-OH is 1. The van der Waals surface area contributed by atoms with Gasteiger partial charge in [-0.15, -0.1) is 0 Å². The molecule has 1 aromatic carbocycles. The van der Waals surface area contributed by atoms with Crippen LogP contribution in [0.4, 0.5) is 0 Å². The maximum Gasteiger partial charge on any atom is 0.260 e. The van der Waals surface area contributed by atoms with Gasteiger partial charge in [0.05, 0.1) is 6.10 Å². The van der Waals surface area contributed by atoms with E-state index in [1.807, 2.05) is 0 Å². The van der Waals surface area contributed by atoms with E-state index in [1.54, 1.807) is 36.1 Å². The Morgan fingerprint density at radius 2 is 1.83 bits per heavy atom. The van der Waals surface area contributed by atoms with Gasteiger partial charge < -0.3 is 20.5 Å². The second-order valence-electron chi connectivity index (χ2n) is 5.71. The van der Waals surface area contributed by atoms with Crippen molar-refractivity contribution < 1.29 is 19.4 Å². The number of nitrogens with zero attached hydrogens (tertiary/aromatic N) is 2. The quantitative estimate of drug-likeness (QED) is 0.749. The number of aliphatic hydroxyl groups is 1. The Morgan fingerprint density at radius 3 is 2.35 bits per heavy atom. The molecule has 0 spiro atoms. The molecule has 7 nitrogen and oxygen atoms in total. The first-order chi connectivity index (χ1) is 11.0. The lowest BCUT2D eigenvalue weighted by molar-refractivity contribution is -0.135. The Balaban J connectivity index is 1.76. The highest BCUT2D eigenvalue weighted by atomic mass is 16.5. The Kier molecular flexibility index (Phi) is 5.95. The number of hydrogen-bond acceptors (Lipinski definition) is 5. The maximum atomic E-state index is 12.1. The van der Waals surface area contributed by atoms with Crippen LogP contribution in [0.25, 0.3) is 0 Å². The highest BCUT2D eigenvalue weighted by molar-refractivity contribution is 5.92. The van der Waals surface area contributed by atoms with Crippen molar-refractivity contribution in [1.82, 2.24) is 9.80 Å². The Morgan fingerprint density at radius 1 is 1.22 bits per heavy atom. The van der Waals surface area contributed by atoms with Crippen LogP contribution >= 0.6 is 0 Å². The molecule has 7 heteroatoms. The molecule has 1 aliphatic rings. The largest absolute Gasteiger partial charge is 0.484 e. The van der Waals surface area contributed by atoms with Crippen molar-refractivity contribution in [3.8, 4) is 5.75 Å². The molecule has 0 saturated carbocycles. The number of rotatable bonds is 6. The van der Waals surface area contributed by atoms with Crippen molar-refractivity contribution in [3.05, 3.63) is 29.8 Å². The van der Waals surface area contributed by atoms with Crippen LogP contribution in [0.3, 0.4) is 0 Å². The zero-order valence-corrected chi connectivity index (χ0v) is 13.3. The Bertz CT molecular complexity index is 537. The van der Waals surface area contributed by atoms with Crippen LogP contribution in [0.2, 0.25) is 0 Å². The van der Waals surface area contributed by atoms with E-state index >= 15 is 0 Å². The van der Waals surface area contributed by atoms with Crippen molar-refractivity contribution in [1.29, 1.82) is 0 Å². The summed E-state index contributed by atoms with van der Waals surface area (Å²) in [7, 11) is 0. The standard InChI is InChI=1S/C16H23N3O4/c1-12(20)10-18-6-8-19(9-7-18)15(21)11-23-14-4-2-13(3-5-14)16(17)22/h2-5,12,20H,6-11H2,1H3,(H2,17,22)/t12-/m1/s1. The first-order valence-corrected chi connectivity index (χ1v) is 7.66. The number of carbonyl (C=O) groups is 2. The Labute approximate surface area is 135 Å². The zero-order chi connectivity index (χ0) is 16.8. The lowest BCUT2D eigenvalue weighted by Crippen LogP contribution is -2.51. The fraction of sp³-hybridized carbons (Fsp3) is 0.500. The molecule has 23 heavy (non-hydrogen) atoms.